The van der Waals surface area contributed by atoms with Gasteiger partial charge in [0.05, 0.1) is 7.11 Å². The van der Waals surface area contributed by atoms with E-state index in [9.17, 15) is 0 Å². The normalized spacial score (nSPS) is 10.3. The van der Waals surface area contributed by atoms with Gasteiger partial charge in [0, 0.05) is 12.2 Å². The molecule has 19 heavy (non-hydrogen) atoms. The van der Waals surface area contributed by atoms with Gasteiger partial charge in [0.2, 0.25) is 5.75 Å². The van der Waals surface area contributed by atoms with Crippen LogP contribution in [0.4, 0.5) is 17.3 Å². The molecule has 2 rings (SSSR count). The zero-order valence-corrected chi connectivity index (χ0v) is 11.4. The van der Waals surface area contributed by atoms with Crippen LogP contribution in [0.15, 0.2) is 30.6 Å². The zero-order valence-electron chi connectivity index (χ0n) is 11.4. The van der Waals surface area contributed by atoms with Crippen LogP contribution in [-0.2, 0) is 0 Å². The van der Waals surface area contributed by atoms with Gasteiger partial charge in [0.1, 0.15) is 6.33 Å². The number of hydrogen-bond acceptors (Lipinski definition) is 5. The van der Waals surface area contributed by atoms with E-state index in [1.807, 2.05) is 17.0 Å². The molecule has 0 spiro atoms. The number of ether oxygens (including phenoxy) is 1. The minimum Gasteiger partial charge on any atom is -0.490 e. The second-order valence-electron chi connectivity index (χ2n) is 4.20. The Balaban J connectivity index is 2.51. The summed E-state index contributed by atoms with van der Waals surface area (Å²) in [6.07, 6.45) is 1.45. The molecule has 1 aromatic heterocycles. The number of nitrogens with two attached hydrogens (primary N) is 1. The molecule has 0 aliphatic rings. The Kier molecular flexibility index (Phi) is 3.85. The number of hydrogen-bond donors (Lipinski definition) is 1. The van der Waals surface area contributed by atoms with Crippen LogP contribution in [0.1, 0.15) is 12.5 Å². The Bertz CT molecular complexity index is 571. The fourth-order valence-corrected chi connectivity index (χ4v) is 2.02. The van der Waals surface area contributed by atoms with Crippen molar-refractivity contribution in [1.82, 2.24) is 9.97 Å². The third kappa shape index (κ3) is 2.59. The number of nitrogens with zero attached hydrogens (tertiary/aromatic N) is 3. The van der Waals surface area contributed by atoms with Crippen molar-refractivity contribution in [2.75, 3.05) is 24.3 Å². The minimum absolute atomic E-state index is 0.346. The minimum atomic E-state index is 0.346. The van der Waals surface area contributed by atoms with Crippen LogP contribution in [0.25, 0.3) is 0 Å². The number of benzene rings is 1. The summed E-state index contributed by atoms with van der Waals surface area (Å²) in [5.41, 5.74) is 8.08. The maximum atomic E-state index is 5.83. The van der Waals surface area contributed by atoms with E-state index in [1.165, 1.54) is 11.9 Å². The van der Waals surface area contributed by atoms with Crippen molar-refractivity contribution in [3.63, 3.8) is 0 Å². The zero-order chi connectivity index (χ0) is 13.8. The van der Waals surface area contributed by atoms with Gasteiger partial charge in [-0.15, -0.1) is 0 Å². The summed E-state index contributed by atoms with van der Waals surface area (Å²) in [6.45, 7) is 4.87. The first-order valence-corrected chi connectivity index (χ1v) is 6.16. The second-order valence-corrected chi connectivity index (χ2v) is 4.20. The first kappa shape index (κ1) is 13.1. The molecule has 0 amide bonds. The summed E-state index contributed by atoms with van der Waals surface area (Å²) < 4.78 is 5.32. The molecule has 0 saturated heterocycles. The smallest absolute Gasteiger partial charge is 0.204 e. The Morgan fingerprint density at radius 3 is 2.74 bits per heavy atom. The van der Waals surface area contributed by atoms with Crippen molar-refractivity contribution >= 4 is 17.3 Å². The lowest BCUT2D eigenvalue weighted by Gasteiger charge is -2.24. The monoisotopic (exact) mass is 258 g/mol. The summed E-state index contributed by atoms with van der Waals surface area (Å²) in [5.74, 6) is 1.53. The molecule has 5 heteroatoms. The van der Waals surface area contributed by atoms with Crippen LogP contribution in [0.2, 0.25) is 0 Å². The third-order valence-electron chi connectivity index (χ3n) is 2.90. The van der Waals surface area contributed by atoms with Crippen LogP contribution in [0.5, 0.6) is 5.75 Å². The summed E-state index contributed by atoms with van der Waals surface area (Å²) in [7, 11) is 1.57. The van der Waals surface area contributed by atoms with Crippen LogP contribution in [-0.4, -0.2) is 23.6 Å². The van der Waals surface area contributed by atoms with Crippen LogP contribution in [0.3, 0.4) is 0 Å². The van der Waals surface area contributed by atoms with Crippen LogP contribution < -0.4 is 15.4 Å². The van der Waals surface area contributed by atoms with E-state index < -0.39 is 0 Å². The Morgan fingerprint density at radius 2 is 2.11 bits per heavy atom. The molecule has 2 aromatic rings. The van der Waals surface area contributed by atoms with Crippen molar-refractivity contribution in [1.29, 1.82) is 0 Å². The summed E-state index contributed by atoms with van der Waals surface area (Å²) in [4.78, 5) is 10.3. The second kappa shape index (κ2) is 5.56. The third-order valence-corrected chi connectivity index (χ3v) is 2.90. The molecule has 0 bridgehead atoms. The number of nitrogen functional groups attached to an aromatic ring is 1. The number of aryl methyl sites for hydroxylation is 1. The molecular weight excluding hydrogens is 240 g/mol. The molecule has 2 N–H and O–H groups in total. The molecular formula is C14H18N4O. The average Bonchev–Trinajstić information content (AvgIpc) is 2.40. The van der Waals surface area contributed by atoms with Gasteiger partial charge in [0.25, 0.3) is 0 Å². The topological polar surface area (TPSA) is 64.3 Å². The highest BCUT2D eigenvalue weighted by molar-refractivity contribution is 5.70. The summed E-state index contributed by atoms with van der Waals surface area (Å²) >= 11 is 0. The maximum absolute atomic E-state index is 5.83. The first-order chi connectivity index (χ1) is 9.17. The standard InChI is InChI=1S/C14H18N4O/c1-4-18(11-7-5-6-10(2)8-11)14-12(19-3)13(15)16-9-17-14/h5-9H,4H2,1-3H3,(H2,15,16,17). The Labute approximate surface area is 113 Å². The van der Waals surface area contributed by atoms with E-state index in [0.717, 1.165) is 12.2 Å². The molecule has 0 aliphatic carbocycles. The van der Waals surface area contributed by atoms with Crippen molar-refractivity contribution in [2.24, 2.45) is 0 Å². The highest BCUT2D eigenvalue weighted by atomic mass is 16.5. The van der Waals surface area contributed by atoms with E-state index >= 15 is 0 Å². The van der Waals surface area contributed by atoms with Gasteiger partial charge in [0.15, 0.2) is 11.6 Å². The molecule has 0 atom stereocenters. The molecule has 0 aliphatic heterocycles. The predicted octanol–water partition coefficient (Wildman–Crippen LogP) is 2.53. The summed E-state index contributed by atoms with van der Waals surface area (Å²) in [6, 6.07) is 8.21. The van der Waals surface area contributed by atoms with E-state index in [0.29, 0.717) is 17.4 Å². The van der Waals surface area contributed by atoms with Gasteiger partial charge in [-0.3, -0.25) is 0 Å². The van der Waals surface area contributed by atoms with Crippen molar-refractivity contribution in [2.45, 2.75) is 13.8 Å². The number of rotatable bonds is 4. The quantitative estimate of drug-likeness (QED) is 0.913. The molecule has 0 radical (unpaired) electrons. The summed E-state index contributed by atoms with van der Waals surface area (Å²) in [5, 5.41) is 0. The van der Waals surface area contributed by atoms with E-state index in [1.54, 1.807) is 7.11 Å². The van der Waals surface area contributed by atoms with Gasteiger partial charge in [-0.25, -0.2) is 9.97 Å². The highest BCUT2D eigenvalue weighted by Crippen LogP contribution is 2.34. The molecule has 1 heterocycles. The lowest BCUT2D eigenvalue weighted by molar-refractivity contribution is 0.414. The fourth-order valence-electron chi connectivity index (χ4n) is 2.02. The van der Waals surface area contributed by atoms with E-state index in [2.05, 4.69) is 35.9 Å². The van der Waals surface area contributed by atoms with Gasteiger partial charge in [-0.05, 0) is 31.5 Å². The fraction of sp³-hybridized carbons (Fsp3) is 0.286. The van der Waals surface area contributed by atoms with Gasteiger partial charge >= 0.3 is 0 Å². The van der Waals surface area contributed by atoms with Crippen LogP contribution >= 0.6 is 0 Å². The maximum Gasteiger partial charge on any atom is 0.204 e. The molecule has 0 fully saturated rings. The number of anilines is 3. The number of methoxy groups -OCH3 is 1. The van der Waals surface area contributed by atoms with Gasteiger partial charge < -0.3 is 15.4 Å². The Hall–Kier alpha value is -2.30. The molecule has 0 unspecified atom stereocenters. The molecule has 100 valence electrons. The van der Waals surface area contributed by atoms with Crippen molar-refractivity contribution in [3.8, 4) is 5.75 Å². The molecule has 5 nitrogen and oxygen atoms in total. The van der Waals surface area contributed by atoms with Crippen molar-refractivity contribution < 1.29 is 4.74 Å². The first-order valence-electron chi connectivity index (χ1n) is 6.16. The SMILES string of the molecule is CCN(c1cccc(C)c1)c1ncnc(N)c1OC. The van der Waals surface area contributed by atoms with Crippen molar-refractivity contribution in [3.05, 3.63) is 36.2 Å². The highest BCUT2D eigenvalue weighted by Gasteiger charge is 2.17. The largest absolute Gasteiger partial charge is 0.490 e. The Morgan fingerprint density at radius 1 is 1.32 bits per heavy atom. The average molecular weight is 258 g/mol. The lowest BCUT2D eigenvalue weighted by Crippen LogP contribution is -2.19. The number of aromatic nitrogens is 2. The molecule has 0 saturated carbocycles. The molecule has 1 aromatic carbocycles. The van der Waals surface area contributed by atoms with Crippen LogP contribution in [0, 0.1) is 6.92 Å². The lowest BCUT2D eigenvalue weighted by atomic mass is 10.2. The van der Waals surface area contributed by atoms with Gasteiger partial charge in [-0.2, -0.15) is 0 Å². The predicted molar refractivity (Wildman–Crippen MR) is 76.9 cm³/mol. The van der Waals surface area contributed by atoms with E-state index in [-0.39, 0.29) is 0 Å². The van der Waals surface area contributed by atoms with E-state index in [4.69, 9.17) is 10.5 Å². The van der Waals surface area contributed by atoms with Gasteiger partial charge in [-0.1, -0.05) is 12.1 Å².